The minimum Gasteiger partial charge on any atom is -0.481 e. The number of halogens is 4. The minimum absolute atomic E-state index is 0.0111. The quantitative estimate of drug-likeness (QED) is 0.708. The third kappa shape index (κ3) is 5.81. The summed E-state index contributed by atoms with van der Waals surface area (Å²) in [5.41, 5.74) is -0.313. The highest BCUT2D eigenvalue weighted by atomic mass is 79.9. The lowest BCUT2D eigenvalue weighted by Gasteiger charge is -2.12. The number of alkyl halides is 3. The summed E-state index contributed by atoms with van der Waals surface area (Å²) in [6.07, 6.45) is -2.26. The number of rotatable bonds is 7. The van der Waals surface area contributed by atoms with Gasteiger partial charge >= 0.3 is 12.1 Å². The molecule has 1 rings (SSSR count). The van der Waals surface area contributed by atoms with Crippen LogP contribution < -0.4 is 5.32 Å². The van der Waals surface area contributed by atoms with E-state index in [2.05, 4.69) is 21.2 Å². The van der Waals surface area contributed by atoms with Crippen LogP contribution >= 0.6 is 15.9 Å². The average Bonchev–Trinajstić information content (AvgIpc) is 2.33. The molecule has 0 bridgehead atoms. The molecule has 0 atom stereocenters. The number of aliphatic carboxylic acids is 1. The molecule has 0 heterocycles. The number of nitrogens with one attached hydrogen (secondary N) is 1. The van der Waals surface area contributed by atoms with E-state index in [0.29, 0.717) is 25.1 Å². The fourth-order valence-corrected chi connectivity index (χ4v) is 2.13. The molecular formula is C13H15BrF3NO2. The highest BCUT2D eigenvalue weighted by Crippen LogP contribution is 2.36. The highest BCUT2D eigenvalue weighted by molar-refractivity contribution is 9.10. The maximum atomic E-state index is 12.7. The molecule has 0 amide bonds. The summed E-state index contributed by atoms with van der Waals surface area (Å²) in [7, 11) is 0. The number of hydrogen-bond donors (Lipinski definition) is 2. The van der Waals surface area contributed by atoms with Crippen LogP contribution in [0.3, 0.4) is 0 Å². The van der Waals surface area contributed by atoms with Gasteiger partial charge in [0.1, 0.15) is 0 Å². The maximum absolute atomic E-state index is 12.7. The molecule has 1 aromatic carbocycles. The van der Waals surface area contributed by atoms with Crippen molar-refractivity contribution in [2.24, 2.45) is 0 Å². The van der Waals surface area contributed by atoms with E-state index in [9.17, 15) is 18.0 Å². The van der Waals surface area contributed by atoms with E-state index in [1.54, 1.807) is 6.07 Å². The van der Waals surface area contributed by atoms with Crippen molar-refractivity contribution in [2.45, 2.75) is 31.9 Å². The van der Waals surface area contributed by atoms with Gasteiger partial charge in [-0.15, -0.1) is 0 Å². The van der Waals surface area contributed by atoms with Crippen LogP contribution in [-0.2, 0) is 11.0 Å². The first-order chi connectivity index (χ1) is 9.30. The Bertz CT molecular complexity index is 463. The van der Waals surface area contributed by atoms with Gasteiger partial charge in [0.05, 0.1) is 5.56 Å². The van der Waals surface area contributed by atoms with Crippen LogP contribution in [0.2, 0.25) is 0 Å². The Morgan fingerprint density at radius 2 is 1.95 bits per heavy atom. The summed E-state index contributed by atoms with van der Waals surface area (Å²) in [6, 6.07) is 3.98. The Labute approximate surface area is 123 Å². The Morgan fingerprint density at radius 1 is 1.25 bits per heavy atom. The Hall–Kier alpha value is -1.24. The molecule has 0 aliphatic heterocycles. The lowest BCUT2D eigenvalue weighted by molar-refractivity contribution is -0.138. The summed E-state index contributed by atoms with van der Waals surface area (Å²) >= 11 is 2.88. The van der Waals surface area contributed by atoms with E-state index in [1.807, 2.05) is 0 Å². The molecule has 0 spiro atoms. The second kappa shape index (κ2) is 7.52. The van der Waals surface area contributed by atoms with Crippen LogP contribution in [0.1, 0.15) is 31.2 Å². The highest BCUT2D eigenvalue weighted by Gasteiger charge is 2.33. The van der Waals surface area contributed by atoms with Crippen LogP contribution in [0.15, 0.2) is 22.7 Å². The molecule has 0 aliphatic carbocycles. The van der Waals surface area contributed by atoms with Gasteiger partial charge < -0.3 is 10.4 Å². The molecule has 7 heteroatoms. The van der Waals surface area contributed by atoms with Crippen LogP contribution in [0.25, 0.3) is 0 Å². The summed E-state index contributed by atoms with van der Waals surface area (Å²) < 4.78 is 38.1. The first kappa shape index (κ1) is 16.8. The Balaban J connectivity index is 2.43. The fraction of sp³-hybridized carbons (Fsp3) is 0.462. The molecule has 1 aromatic rings. The van der Waals surface area contributed by atoms with Crippen LogP contribution in [0, 0.1) is 0 Å². The van der Waals surface area contributed by atoms with Gasteiger partial charge in [0.2, 0.25) is 0 Å². The summed E-state index contributed by atoms with van der Waals surface area (Å²) in [4.78, 5) is 10.3. The predicted octanol–water partition coefficient (Wildman–Crippen LogP) is 4.52. The summed E-state index contributed by atoms with van der Waals surface area (Å²) in [5, 5.41) is 11.4. The smallest absolute Gasteiger partial charge is 0.417 e. The van der Waals surface area contributed by atoms with Crippen molar-refractivity contribution < 1.29 is 23.1 Å². The number of carbonyl (C=O) groups is 1. The third-order valence-corrected chi connectivity index (χ3v) is 3.36. The molecule has 0 saturated carbocycles. The number of unbranched alkanes of at least 4 members (excludes halogenated alkanes) is 2. The van der Waals surface area contributed by atoms with Gasteiger partial charge in [-0.1, -0.05) is 22.4 Å². The molecule has 0 radical (unpaired) electrons. The van der Waals surface area contributed by atoms with Crippen molar-refractivity contribution in [1.29, 1.82) is 0 Å². The molecule has 112 valence electrons. The third-order valence-electron chi connectivity index (χ3n) is 2.67. The maximum Gasteiger partial charge on any atom is 0.417 e. The SMILES string of the molecule is O=C(O)CCCCCNc1ccc(Br)c(C(F)(F)F)c1. The van der Waals surface area contributed by atoms with Crippen molar-refractivity contribution in [3.63, 3.8) is 0 Å². The molecule has 0 unspecified atom stereocenters. The zero-order valence-electron chi connectivity index (χ0n) is 10.6. The van der Waals surface area contributed by atoms with Crippen LogP contribution in [-0.4, -0.2) is 17.6 Å². The number of anilines is 1. The van der Waals surface area contributed by atoms with Gasteiger partial charge in [-0.25, -0.2) is 0 Å². The second-order valence-corrected chi connectivity index (χ2v) is 5.18. The zero-order valence-corrected chi connectivity index (χ0v) is 12.2. The van der Waals surface area contributed by atoms with Gasteiger partial charge in [-0.05, 0) is 31.0 Å². The van der Waals surface area contributed by atoms with E-state index in [-0.39, 0.29) is 10.9 Å². The topological polar surface area (TPSA) is 49.3 Å². The molecule has 0 aliphatic rings. The van der Waals surface area contributed by atoms with Gasteiger partial charge in [0.25, 0.3) is 0 Å². The second-order valence-electron chi connectivity index (χ2n) is 4.32. The largest absolute Gasteiger partial charge is 0.481 e. The Morgan fingerprint density at radius 3 is 2.55 bits per heavy atom. The van der Waals surface area contributed by atoms with Crippen molar-refractivity contribution in [1.82, 2.24) is 0 Å². The normalized spacial score (nSPS) is 11.4. The minimum atomic E-state index is -4.39. The Kier molecular flexibility index (Phi) is 6.32. The standard InChI is InChI=1S/C13H15BrF3NO2/c14-11-6-5-9(8-10(11)13(15,16)17)18-7-3-1-2-4-12(19)20/h5-6,8,18H,1-4,7H2,(H,19,20). The zero-order chi connectivity index (χ0) is 15.2. The van der Waals surface area contributed by atoms with Gasteiger partial charge in [-0.2, -0.15) is 13.2 Å². The number of benzene rings is 1. The molecule has 0 aromatic heterocycles. The molecule has 3 nitrogen and oxygen atoms in total. The molecule has 2 N–H and O–H groups in total. The molecule has 0 saturated heterocycles. The molecular weight excluding hydrogens is 339 g/mol. The van der Waals surface area contributed by atoms with Crippen molar-refractivity contribution in [3.8, 4) is 0 Å². The fourth-order valence-electron chi connectivity index (χ4n) is 1.66. The van der Waals surface area contributed by atoms with E-state index in [1.165, 1.54) is 6.07 Å². The van der Waals surface area contributed by atoms with Crippen molar-refractivity contribution >= 4 is 27.6 Å². The van der Waals surface area contributed by atoms with Crippen LogP contribution in [0.4, 0.5) is 18.9 Å². The summed E-state index contributed by atoms with van der Waals surface area (Å²) in [5.74, 6) is -0.833. The van der Waals surface area contributed by atoms with Crippen molar-refractivity contribution in [3.05, 3.63) is 28.2 Å². The molecule has 0 fully saturated rings. The lowest BCUT2D eigenvalue weighted by Crippen LogP contribution is -2.08. The first-order valence-electron chi connectivity index (χ1n) is 6.13. The number of carboxylic acids is 1. The lowest BCUT2D eigenvalue weighted by atomic mass is 10.1. The van der Waals surface area contributed by atoms with E-state index in [4.69, 9.17) is 5.11 Å². The van der Waals surface area contributed by atoms with E-state index in [0.717, 1.165) is 12.5 Å². The van der Waals surface area contributed by atoms with Gasteiger partial charge in [0.15, 0.2) is 0 Å². The average molecular weight is 354 g/mol. The van der Waals surface area contributed by atoms with Gasteiger partial charge in [0, 0.05) is 23.1 Å². The first-order valence-corrected chi connectivity index (χ1v) is 6.92. The van der Waals surface area contributed by atoms with Gasteiger partial charge in [-0.3, -0.25) is 4.79 Å². The van der Waals surface area contributed by atoms with E-state index >= 15 is 0 Å². The monoisotopic (exact) mass is 353 g/mol. The predicted molar refractivity (Wildman–Crippen MR) is 73.7 cm³/mol. The molecule has 20 heavy (non-hydrogen) atoms. The number of carboxylic acid groups (broad SMARTS) is 1. The van der Waals surface area contributed by atoms with Crippen molar-refractivity contribution in [2.75, 3.05) is 11.9 Å². The van der Waals surface area contributed by atoms with Crippen LogP contribution in [0.5, 0.6) is 0 Å². The summed E-state index contributed by atoms with van der Waals surface area (Å²) in [6.45, 7) is 0.512. The number of hydrogen-bond acceptors (Lipinski definition) is 2. The van der Waals surface area contributed by atoms with E-state index < -0.39 is 17.7 Å².